The van der Waals surface area contributed by atoms with Crippen LogP contribution in [0.2, 0.25) is 0 Å². The number of nitrogens with zero attached hydrogens (tertiary/aromatic N) is 4. The average Bonchev–Trinajstić information content (AvgIpc) is 2.69. The lowest BCUT2D eigenvalue weighted by atomic mass is 10.1. The Labute approximate surface area is 153 Å². The van der Waals surface area contributed by atoms with E-state index >= 15 is 0 Å². The van der Waals surface area contributed by atoms with Crippen LogP contribution in [0.15, 0.2) is 30.6 Å². The molecule has 0 saturated carbocycles. The van der Waals surface area contributed by atoms with E-state index < -0.39 is 0 Å². The molecule has 1 saturated heterocycles. The molecule has 0 aliphatic carbocycles. The van der Waals surface area contributed by atoms with E-state index in [0.29, 0.717) is 37.7 Å². The molecule has 26 heavy (non-hydrogen) atoms. The maximum atomic E-state index is 12.6. The van der Waals surface area contributed by atoms with Crippen LogP contribution in [0.1, 0.15) is 28.4 Å². The largest absolute Gasteiger partial charge is 0.342 e. The first kappa shape index (κ1) is 17.8. The first-order valence-corrected chi connectivity index (χ1v) is 8.78. The van der Waals surface area contributed by atoms with Crippen LogP contribution in [-0.2, 0) is 11.2 Å². The molecule has 2 aromatic rings. The highest BCUT2D eigenvalue weighted by molar-refractivity contribution is 6.04. The van der Waals surface area contributed by atoms with Crippen LogP contribution >= 0.6 is 0 Å². The normalized spacial score (nSPS) is 14.2. The molecule has 1 aliphatic heterocycles. The Bertz CT molecular complexity index is 783. The number of aryl methyl sites for hydroxylation is 2. The second-order valence-electron chi connectivity index (χ2n) is 6.32. The van der Waals surface area contributed by atoms with E-state index in [1.165, 1.54) is 0 Å². The van der Waals surface area contributed by atoms with Gasteiger partial charge >= 0.3 is 0 Å². The Morgan fingerprint density at radius 1 is 1.19 bits per heavy atom. The standard InChI is InChI=1S/C19H23N5O2/c1-3-15-6-4-5-14(2)17(15)22-18(26)16-11-20-19(21-12-16)24-9-7-23(13-25)8-10-24/h4-6,11-13H,3,7-10H2,1-2H3,(H,22,26). The van der Waals surface area contributed by atoms with E-state index in [-0.39, 0.29) is 5.91 Å². The molecule has 1 fully saturated rings. The zero-order chi connectivity index (χ0) is 18.5. The lowest BCUT2D eigenvalue weighted by Gasteiger charge is -2.32. The number of hydrogen-bond donors (Lipinski definition) is 1. The van der Waals surface area contributed by atoms with Gasteiger partial charge in [-0.25, -0.2) is 9.97 Å². The van der Waals surface area contributed by atoms with E-state index in [1.54, 1.807) is 17.3 Å². The van der Waals surface area contributed by atoms with Crippen molar-refractivity contribution in [3.8, 4) is 0 Å². The van der Waals surface area contributed by atoms with Crippen molar-refractivity contribution in [3.05, 3.63) is 47.3 Å². The Morgan fingerprint density at radius 3 is 2.50 bits per heavy atom. The molecule has 7 nitrogen and oxygen atoms in total. The Kier molecular flexibility index (Phi) is 5.46. The molecule has 0 radical (unpaired) electrons. The summed E-state index contributed by atoms with van der Waals surface area (Å²) in [6, 6.07) is 5.99. The van der Waals surface area contributed by atoms with Gasteiger partial charge in [0.1, 0.15) is 0 Å². The quantitative estimate of drug-likeness (QED) is 0.831. The highest BCUT2D eigenvalue weighted by Crippen LogP contribution is 2.22. The van der Waals surface area contributed by atoms with Crippen LogP contribution < -0.4 is 10.2 Å². The number of hydrogen-bond acceptors (Lipinski definition) is 5. The number of carbonyl (C=O) groups is 2. The molecular formula is C19H23N5O2. The maximum absolute atomic E-state index is 12.6. The average molecular weight is 353 g/mol. The van der Waals surface area contributed by atoms with Gasteiger partial charge in [0.2, 0.25) is 12.4 Å². The third kappa shape index (κ3) is 3.82. The molecule has 1 N–H and O–H groups in total. The molecule has 2 amide bonds. The molecule has 2 heterocycles. The van der Waals surface area contributed by atoms with Crippen molar-refractivity contribution >= 4 is 24.0 Å². The van der Waals surface area contributed by atoms with Crippen LogP contribution in [0.5, 0.6) is 0 Å². The zero-order valence-electron chi connectivity index (χ0n) is 15.1. The fourth-order valence-electron chi connectivity index (χ4n) is 3.02. The number of amides is 2. The lowest BCUT2D eigenvalue weighted by molar-refractivity contribution is -0.118. The number of benzene rings is 1. The van der Waals surface area contributed by atoms with Gasteiger partial charge in [-0.3, -0.25) is 9.59 Å². The highest BCUT2D eigenvalue weighted by atomic mass is 16.1. The molecule has 0 atom stereocenters. The van der Waals surface area contributed by atoms with Gasteiger partial charge in [-0.1, -0.05) is 25.1 Å². The van der Waals surface area contributed by atoms with Gasteiger partial charge in [-0.05, 0) is 24.5 Å². The SMILES string of the molecule is CCc1cccc(C)c1NC(=O)c1cnc(N2CCN(C=O)CC2)nc1. The summed E-state index contributed by atoms with van der Waals surface area (Å²) in [5.74, 6) is 0.364. The minimum absolute atomic E-state index is 0.216. The van der Waals surface area contributed by atoms with Crippen molar-refractivity contribution in [3.63, 3.8) is 0 Å². The van der Waals surface area contributed by atoms with Crippen LogP contribution in [0.25, 0.3) is 0 Å². The van der Waals surface area contributed by atoms with Crippen LogP contribution in [-0.4, -0.2) is 53.4 Å². The number of para-hydroxylation sites is 1. The van der Waals surface area contributed by atoms with Crippen LogP contribution in [0.3, 0.4) is 0 Å². The van der Waals surface area contributed by atoms with Crippen LogP contribution in [0.4, 0.5) is 11.6 Å². The number of aromatic nitrogens is 2. The van der Waals surface area contributed by atoms with Gasteiger partial charge in [0.25, 0.3) is 5.91 Å². The van der Waals surface area contributed by atoms with E-state index in [0.717, 1.165) is 29.6 Å². The molecule has 3 rings (SSSR count). The molecular weight excluding hydrogens is 330 g/mol. The Balaban J connectivity index is 1.69. The number of carbonyl (C=O) groups excluding carboxylic acids is 2. The summed E-state index contributed by atoms with van der Waals surface area (Å²) in [5.41, 5.74) is 3.41. The van der Waals surface area contributed by atoms with Crippen molar-refractivity contribution in [1.29, 1.82) is 0 Å². The van der Waals surface area contributed by atoms with Gasteiger partial charge in [-0.2, -0.15) is 0 Å². The summed E-state index contributed by atoms with van der Waals surface area (Å²) in [4.78, 5) is 35.7. The topological polar surface area (TPSA) is 78.4 Å². The first-order chi connectivity index (χ1) is 12.6. The van der Waals surface area contributed by atoms with Crippen molar-refractivity contribution in [2.24, 2.45) is 0 Å². The van der Waals surface area contributed by atoms with Crippen molar-refractivity contribution < 1.29 is 9.59 Å². The van der Waals surface area contributed by atoms with Crippen molar-refractivity contribution in [2.45, 2.75) is 20.3 Å². The van der Waals surface area contributed by atoms with Gasteiger partial charge < -0.3 is 15.1 Å². The maximum Gasteiger partial charge on any atom is 0.258 e. The number of rotatable bonds is 5. The van der Waals surface area contributed by atoms with E-state index in [4.69, 9.17) is 0 Å². The number of piperazine rings is 1. The monoisotopic (exact) mass is 353 g/mol. The highest BCUT2D eigenvalue weighted by Gasteiger charge is 2.18. The van der Waals surface area contributed by atoms with E-state index in [1.807, 2.05) is 30.0 Å². The molecule has 0 unspecified atom stereocenters. The number of nitrogens with one attached hydrogen (secondary N) is 1. The number of anilines is 2. The zero-order valence-corrected chi connectivity index (χ0v) is 15.1. The van der Waals surface area contributed by atoms with Crippen molar-refractivity contribution in [2.75, 3.05) is 36.4 Å². The van der Waals surface area contributed by atoms with Gasteiger partial charge in [0, 0.05) is 44.3 Å². The second kappa shape index (κ2) is 7.95. The molecule has 1 aromatic carbocycles. The Hall–Kier alpha value is -2.96. The molecule has 7 heteroatoms. The molecule has 0 spiro atoms. The lowest BCUT2D eigenvalue weighted by Crippen LogP contribution is -2.46. The first-order valence-electron chi connectivity index (χ1n) is 8.78. The summed E-state index contributed by atoms with van der Waals surface area (Å²) in [6.45, 7) is 6.73. The minimum Gasteiger partial charge on any atom is -0.342 e. The van der Waals surface area contributed by atoms with Crippen molar-refractivity contribution in [1.82, 2.24) is 14.9 Å². The second-order valence-corrected chi connectivity index (χ2v) is 6.32. The van der Waals surface area contributed by atoms with E-state index in [9.17, 15) is 9.59 Å². The molecule has 1 aromatic heterocycles. The third-order valence-electron chi connectivity index (χ3n) is 4.63. The Morgan fingerprint density at radius 2 is 1.88 bits per heavy atom. The van der Waals surface area contributed by atoms with Gasteiger partial charge in [0.15, 0.2) is 0 Å². The fraction of sp³-hybridized carbons (Fsp3) is 0.368. The molecule has 1 aliphatic rings. The minimum atomic E-state index is -0.216. The molecule has 136 valence electrons. The summed E-state index contributed by atoms with van der Waals surface area (Å²) in [5, 5.41) is 2.98. The predicted octanol–water partition coefficient (Wildman–Crippen LogP) is 1.88. The van der Waals surface area contributed by atoms with Crippen LogP contribution in [0, 0.1) is 6.92 Å². The van der Waals surface area contributed by atoms with E-state index in [2.05, 4.69) is 22.2 Å². The smallest absolute Gasteiger partial charge is 0.258 e. The van der Waals surface area contributed by atoms with Gasteiger partial charge in [-0.15, -0.1) is 0 Å². The third-order valence-corrected chi connectivity index (χ3v) is 4.63. The molecule has 0 bridgehead atoms. The fourth-order valence-corrected chi connectivity index (χ4v) is 3.02. The predicted molar refractivity (Wildman–Crippen MR) is 100 cm³/mol. The summed E-state index contributed by atoms with van der Waals surface area (Å²) < 4.78 is 0. The summed E-state index contributed by atoms with van der Waals surface area (Å²) in [6.07, 6.45) is 4.81. The summed E-state index contributed by atoms with van der Waals surface area (Å²) >= 11 is 0. The van der Waals surface area contributed by atoms with Gasteiger partial charge in [0.05, 0.1) is 5.56 Å². The summed E-state index contributed by atoms with van der Waals surface area (Å²) in [7, 11) is 0.